The molecule has 4 nitrogen and oxygen atoms in total. The van der Waals surface area contributed by atoms with Crippen molar-refractivity contribution in [1.82, 2.24) is 0 Å². The molecule has 6 N–H and O–H groups in total. The van der Waals surface area contributed by atoms with Crippen molar-refractivity contribution in [3.63, 3.8) is 0 Å². The molecule has 0 aliphatic heterocycles. The molecule has 0 bridgehead atoms. The molecule has 0 radical (unpaired) electrons. The lowest BCUT2D eigenvalue weighted by Gasteiger charge is -2.04. The van der Waals surface area contributed by atoms with Crippen LogP contribution in [0.5, 0.6) is 0 Å². The predicted molar refractivity (Wildman–Crippen MR) is 49.9 cm³/mol. The van der Waals surface area contributed by atoms with Crippen LogP contribution in [-0.4, -0.2) is 5.96 Å². The first-order valence-electron chi connectivity index (χ1n) is 3.62. The normalized spacial score (nSPS) is 9.42. The first-order chi connectivity index (χ1) is 5.72. The number of nitrogens with one attached hydrogen (secondary N) is 2. The SMILES string of the molecule is N=C(N)Nc1cccc(CN)c1. The summed E-state index contributed by atoms with van der Waals surface area (Å²) in [7, 11) is 0. The summed E-state index contributed by atoms with van der Waals surface area (Å²) in [5.74, 6) is -0.0656. The molecule has 1 aromatic carbocycles. The summed E-state index contributed by atoms with van der Waals surface area (Å²) in [6, 6.07) is 7.49. The molecule has 0 fully saturated rings. The maximum absolute atomic E-state index is 6.99. The van der Waals surface area contributed by atoms with Gasteiger partial charge in [-0.05, 0) is 17.7 Å². The highest BCUT2D eigenvalue weighted by Crippen LogP contribution is 2.08. The monoisotopic (exact) mass is 164 g/mol. The molecule has 0 unspecified atom stereocenters. The fourth-order valence-corrected chi connectivity index (χ4v) is 0.932. The van der Waals surface area contributed by atoms with Crippen LogP contribution >= 0.6 is 0 Å². The van der Waals surface area contributed by atoms with Crippen LogP contribution in [0.1, 0.15) is 5.56 Å². The molecule has 0 saturated carbocycles. The Balaban J connectivity index is 2.79. The van der Waals surface area contributed by atoms with Gasteiger partial charge in [0.25, 0.3) is 0 Å². The molecule has 1 rings (SSSR count). The van der Waals surface area contributed by atoms with E-state index >= 15 is 0 Å². The van der Waals surface area contributed by atoms with Gasteiger partial charge in [0.1, 0.15) is 0 Å². The Morgan fingerprint density at radius 3 is 2.83 bits per heavy atom. The lowest BCUT2D eigenvalue weighted by Crippen LogP contribution is -2.20. The van der Waals surface area contributed by atoms with Crippen LogP contribution in [0.15, 0.2) is 24.3 Å². The van der Waals surface area contributed by atoms with Crippen LogP contribution in [0.2, 0.25) is 0 Å². The molecule has 0 aromatic heterocycles. The zero-order valence-electron chi connectivity index (χ0n) is 6.67. The maximum Gasteiger partial charge on any atom is 0.190 e. The van der Waals surface area contributed by atoms with Gasteiger partial charge in [0.05, 0.1) is 0 Å². The first-order valence-corrected chi connectivity index (χ1v) is 3.62. The highest BCUT2D eigenvalue weighted by molar-refractivity contribution is 5.89. The third kappa shape index (κ3) is 2.25. The van der Waals surface area contributed by atoms with E-state index in [1.807, 2.05) is 24.3 Å². The number of hydrogen-bond acceptors (Lipinski definition) is 2. The van der Waals surface area contributed by atoms with Gasteiger partial charge in [-0.3, -0.25) is 5.41 Å². The Morgan fingerprint density at radius 1 is 1.50 bits per heavy atom. The van der Waals surface area contributed by atoms with Gasteiger partial charge in [0.2, 0.25) is 0 Å². The number of hydrogen-bond donors (Lipinski definition) is 4. The first kappa shape index (κ1) is 8.55. The molecule has 0 heterocycles. The predicted octanol–water partition coefficient (Wildman–Crippen LogP) is 0.451. The summed E-state index contributed by atoms with van der Waals surface area (Å²) >= 11 is 0. The van der Waals surface area contributed by atoms with E-state index in [9.17, 15) is 0 Å². The Kier molecular flexibility index (Phi) is 2.66. The Labute approximate surface area is 71.1 Å². The van der Waals surface area contributed by atoms with Crippen molar-refractivity contribution < 1.29 is 0 Å². The van der Waals surface area contributed by atoms with Gasteiger partial charge < -0.3 is 16.8 Å². The average molecular weight is 164 g/mol. The third-order valence-electron chi connectivity index (χ3n) is 1.44. The van der Waals surface area contributed by atoms with Crippen LogP contribution in [0.3, 0.4) is 0 Å². The molecular formula is C8H12N4. The highest BCUT2D eigenvalue weighted by Gasteiger charge is 1.93. The van der Waals surface area contributed by atoms with E-state index in [4.69, 9.17) is 16.9 Å². The zero-order valence-corrected chi connectivity index (χ0v) is 6.67. The second kappa shape index (κ2) is 3.73. The lowest BCUT2D eigenvalue weighted by molar-refractivity contribution is 1.07. The number of guanidine groups is 1. The van der Waals surface area contributed by atoms with Gasteiger partial charge in [0, 0.05) is 12.2 Å². The van der Waals surface area contributed by atoms with Gasteiger partial charge in [0.15, 0.2) is 5.96 Å². The second-order valence-electron chi connectivity index (χ2n) is 2.44. The van der Waals surface area contributed by atoms with E-state index in [-0.39, 0.29) is 5.96 Å². The van der Waals surface area contributed by atoms with Crippen LogP contribution in [0.25, 0.3) is 0 Å². The van der Waals surface area contributed by atoms with Crippen LogP contribution in [0.4, 0.5) is 5.69 Å². The zero-order chi connectivity index (χ0) is 8.97. The minimum absolute atomic E-state index is 0.0656. The largest absolute Gasteiger partial charge is 0.370 e. The molecule has 0 spiro atoms. The molecule has 64 valence electrons. The third-order valence-corrected chi connectivity index (χ3v) is 1.44. The quantitative estimate of drug-likeness (QED) is 0.378. The highest BCUT2D eigenvalue weighted by atomic mass is 15.0. The summed E-state index contributed by atoms with van der Waals surface area (Å²) in [4.78, 5) is 0. The van der Waals surface area contributed by atoms with Crippen molar-refractivity contribution in [3.05, 3.63) is 29.8 Å². The maximum atomic E-state index is 6.99. The van der Waals surface area contributed by atoms with E-state index in [1.165, 1.54) is 0 Å². The van der Waals surface area contributed by atoms with Crippen LogP contribution in [-0.2, 0) is 6.54 Å². The summed E-state index contributed by atoms with van der Waals surface area (Å²) in [5.41, 5.74) is 12.4. The van der Waals surface area contributed by atoms with E-state index in [0.717, 1.165) is 11.3 Å². The van der Waals surface area contributed by atoms with E-state index in [0.29, 0.717) is 6.54 Å². The number of nitrogens with two attached hydrogens (primary N) is 2. The summed E-state index contributed by atoms with van der Waals surface area (Å²) in [5, 5.41) is 9.68. The number of benzene rings is 1. The van der Waals surface area contributed by atoms with Gasteiger partial charge in [-0.15, -0.1) is 0 Å². The Hall–Kier alpha value is -1.55. The molecule has 0 saturated heterocycles. The summed E-state index contributed by atoms with van der Waals surface area (Å²) in [6.45, 7) is 0.493. The Bertz CT molecular complexity index is 282. The molecule has 4 heteroatoms. The molecule has 1 aromatic rings. The minimum Gasteiger partial charge on any atom is -0.370 e. The fourth-order valence-electron chi connectivity index (χ4n) is 0.932. The lowest BCUT2D eigenvalue weighted by atomic mass is 10.2. The van der Waals surface area contributed by atoms with E-state index in [1.54, 1.807) is 0 Å². The Morgan fingerprint density at radius 2 is 2.25 bits per heavy atom. The molecule has 0 aliphatic carbocycles. The minimum atomic E-state index is -0.0656. The van der Waals surface area contributed by atoms with E-state index in [2.05, 4.69) is 5.32 Å². The average Bonchev–Trinajstić information content (AvgIpc) is 2.03. The number of rotatable bonds is 2. The second-order valence-corrected chi connectivity index (χ2v) is 2.44. The summed E-state index contributed by atoms with van der Waals surface area (Å²) in [6.07, 6.45) is 0. The number of anilines is 1. The van der Waals surface area contributed by atoms with Gasteiger partial charge >= 0.3 is 0 Å². The summed E-state index contributed by atoms with van der Waals surface area (Å²) < 4.78 is 0. The van der Waals surface area contributed by atoms with Crippen LogP contribution < -0.4 is 16.8 Å². The van der Waals surface area contributed by atoms with E-state index < -0.39 is 0 Å². The fraction of sp³-hybridized carbons (Fsp3) is 0.125. The molecule has 12 heavy (non-hydrogen) atoms. The van der Waals surface area contributed by atoms with Crippen molar-refractivity contribution in [2.45, 2.75) is 6.54 Å². The molecule has 0 atom stereocenters. The van der Waals surface area contributed by atoms with Crippen molar-refractivity contribution in [3.8, 4) is 0 Å². The molecule has 0 aliphatic rings. The van der Waals surface area contributed by atoms with Gasteiger partial charge in [-0.1, -0.05) is 12.1 Å². The standard InChI is InChI=1S/C8H12N4/c9-5-6-2-1-3-7(4-6)12-8(10)11/h1-4H,5,9H2,(H4,10,11,12). The van der Waals surface area contributed by atoms with Gasteiger partial charge in [-0.2, -0.15) is 0 Å². The molecule has 0 amide bonds. The van der Waals surface area contributed by atoms with Crippen molar-refractivity contribution in [1.29, 1.82) is 5.41 Å². The van der Waals surface area contributed by atoms with Crippen molar-refractivity contribution in [2.24, 2.45) is 11.5 Å². The van der Waals surface area contributed by atoms with Crippen molar-refractivity contribution >= 4 is 11.6 Å². The van der Waals surface area contributed by atoms with Crippen molar-refractivity contribution in [2.75, 3.05) is 5.32 Å². The van der Waals surface area contributed by atoms with Crippen LogP contribution in [0, 0.1) is 5.41 Å². The topological polar surface area (TPSA) is 87.9 Å². The van der Waals surface area contributed by atoms with Gasteiger partial charge in [-0.25, -0.2) is 0 Å². The molecular weight excluding hydrogens is 152 g/mol. The smallest absolute Gasteiger partial charge is 0.190 e.